The number of rotatable bonds is 9. The third kappa shape index (κ3) is 5.36. The molecule has 1 aromatic carbocycles. The van der Waals surface area contributed by atoms with Crippen molar-refractivity contribution in [3.8, 4) is 11.3 Å². The van der Waals surface area contributed by atoms with Gasteiger partial charge in [0, 0.05) is 60.1 Å². The molecule has 5 atom stereocenters. The Labute approximate surface area is 236 Å². The molecule has 1 amide bonds. The number of halogens is 1. The summed E-state index contributed by atoms with van der Waals surface area (Å²) in [5.74, 6) is 0.558. The molecule has 3 fully saturated rings. The molecule has 8 nitrogen and oxygen atoms in total. The fourth-order valence-corrected chi connectivity index (χ4v) is 7.08. The highest BCUT2D eigenvalue weighted by Gasteiger charge is 2.53. The summed E-state index contributed by atoms with van der Waals surface area (Å²) in [6.45, 7) is 3.84. The minimum Gasteiger partial charge on any atom is -0.351 e. The van der Waals surface area contributed by atoms with Crippen LogP contribution in [0.5, 0.6) is 0 Å². The number of likely N-dealkylation sites (tertiary alicyclic amines) is 1. The molecule has 4 heterocycles. The molecule has 3 aliphatic rings. The predicted molar refractivity (Wildman–Crippen MR) is 155 cm³/mol. The third-order valence-corrected chi connectivity index (χ3v) is 9.48. The molecule has 0 radical (unpaired) electrons. The van der Waals surface area contributed by atoms with Crippen LogP contribution in [0.25, 0.3) is 22.2 Å². The molecular weight excluding hydrogens is 512 g/mol. The lowest BCUT2D eigenvalue weighted by Gasteiger charge is -2.32. The standard InChI is InChI=1S/C30H41ClN6O2/c1-19(32-2)29(38)34-27(20-8-5-4-6-9-20)28-30(39-28)37-15-7-10-22(37)17-36-18-24(25-13-14-33-35(25)3)23-16-21(31)11-12-26(23)36/h11-14,16,18-20,22,27-28,30,32H,4-10,15,17H2,1-3H3,(H,34,38)/t19-,22-,27-,28?,30?/m0/s1. The quantitative estimate of drug-likeness (QED) is 0.381. The second kappa shape index (κ2) is 11.2. The largest absolute Gasteiger partial charge is 0.351 e. The van der Waals surface area contributed by atoms with Gasteiger partial charge in [0.25, 0.3) is 0 Å². The smallest absolute Gasteiger partial charge is 0.237 e. The number of nitrogens with zero attached hydrogens (tertiary/aromatic N) is 4. The number of aromatic nitrogens is 3. The number of likely N-dealkylation sites (N-methyl/N-ethyl adjacent to an activating group) is 1. The van der Waals surface area contributed by atoms with Gasteiger partial charge < -0.3 is 19.9 Å². The van der Waals surface area contributed by atoms with Crippen molar-refractivity contribution in [2.24, 2.45) is 13.0 Å². The van der Waals surface area contributed by atoms with E-state index in [4.69, 9.17) is 16.3 Å². The molecule has 6 rings (SSSR count). The highest BCUT2D eigenvalue weighted by molar-refractivity contribution is 6.31. The topological polar surface area (TPSA) is 79.7 Å². The van der Waals surface area contributed by atoms with Crippen LogP contribution < -0.4 is 10.6 Å². The molecule has 9 heteroatoms. The van der Waals surface area contributed by atoms with Crippen LogP contribution in [0.2, 0.25) is 5.02 Å². The summed E-state index contributed by atoms with van der Waals surface area (Å²) in [6.07, 6.45) is 12.6. The lowest BCUT2D eigenvalue weighted by Crippen LogP contribution is -2.52. The SMILES string of the molecule is CN[C@@H](C)C(=O)N[C@@H](C1CCCCC1)C1OC1N1CCC[C@H]1Cn1cc(-c2ccnn2C)c2cc(Cl)ccc21. The van der Waals surface area contributed by atoms with Crippen LogP contribution in [0.1, 0.15) is 51.9 Å². The van der Waals surface area contributed by atoms with Crippen molar-refractivity contribution < 1.29 is 9.53 Å². The van der Waals surface area contributed by atoms with Gasteiger partial charge in [-0.15, -0.1) is 0 Å². The van der Waals surface area contributed by atoms with E-state index in [0.717, 1.165) is 47.6 Å². The van der Waals surface area contributed by atoms with Crippen LogP contribution >= 0.6 is 11.6 Å². The Kier molecular flexibility index (Phi) is 7.73. The van der Waals surface area contributed by atoms with Crippen molar-refractivity contribution in [3.05, 3.63) is 41.7 Å². The van der Waals surface area contributed by atoms with Crippen LogP contribution in [-0.2, 0) is 23.1 Å². The van der Waals surface area contributed by atoms with Gasteiger partial charge in [-0.3, -0.25) is 14.4 Å². The number of benzene rings is 1. The van der Waals surface area contributed by atoms with E-state index in [0.29, 0.717) is 12.0 Å². The first kappa shape index (κ1) is 26.8. The second-order valence-corrected chi connectivity index (χ2v) is 12.1. The summed E-state index contributed by atoms with van der Waals surface area (Å²) in [7, 11) is 3.81. The Bertz CT molecular complexity index is 1310. The number of hydrogen-bond acceptors (Lipinski definition) is 5. The monoisotopic (exact) mass is 552 g/mol. The van der Waals surface area contributed by atoms with E-state index < -0.39 is 0 Å². The number of amides is 1. The number of ether oxygens (including phenoxy) is 1. The molecule has 2 N–H and O–H groups in total. The van der Waals surface area contributed by atoms with Gasteiger partial charge >= 0.3 is 0 Å². The number of carbonyl (C=O) groups excluding carboxylic acids is 1. The fourth-order valence-electron chi connectivity index (χ4n) is 6.91. The zero-order valence-corrected chi connectivity index (χ0v) is 24.0. The van der Waals surface area contributed by atoms with E-state index >= 15 is 0 Å². The number of aryl methyl sites for hydroxylation is 1. The first-order chi connectivity index (χ1) is 18.9. The summed E-state index contributed by atoms with van der Waals surface area (Å²) >= 11 is 6.43. The molecule has 2 aliphatic heterocycles. The van der Waals surface area contributed by atoms with E-state index in [2.05, 4.69) is 49.6 Å². The molecule has 2 unspecified atom stereocenters. The molecular formula is C30H41ClN6O2. The van der Waals surface area contributed by atoms with Crippen LogP contribution in [0.3, 0.4) is 0 Å². The minimum atomic E-state index is -0.211. The van der Waals surface area contributed by atoms with Gasteiger partial charge in [0.15, 0.2) is 0 Å². The van der Waals surface area contributed by atoms with Crippen molar-refractivity contribution in [3.63, 3.8) is 0 Å². The van der Waals surface area contributed by atoms with E-state index in [9.17, 15) is 4.79 Å². The van der Waals surface area contributed by atoms with E-state index in [-0.39, 0.29) is 30.3 Å². The van der Waals surface area contributed by atoms with Crippen molar-refractivity contribution >= 4 is 28.4 Å². The van der Waals surface area contributed by atoms with E-state index in [1.807, 2.05) is 38.0 Å². The van der Waals surface area contributed by atoms with Crippen LogP contribution in [0.4, 0.5) is 0 Å². The fraction of sp³-hybridized carbons (Fsp3) is 0.600. The average Bonchev–Trinajstić information content (AvgIpc) is 3.22. The van der Waals surface area contributed by atoms with Crippen molar-refractivity contribution in [1.82, 2.24) is 29.9 Å². The molecule has 2 aromatic heterocycles. The number of fused-ring (bicyclic) bond motifs is 1. The molecule has 39 heavy (non-hydrogen) atoms. The molecule has 1 aliphatic carbocycles. The average molecular weight is 553 g/mol. The first-order valence-electron chi connectivity index (χ1n) is 14.6. The zero-order chi connectivity index (χ0) is 27.1. The Morgan fingerprint density at radius 1 is 1.18 bits per heavy atom. The van der Waals surface area contributed by atoms with Crippen molar-refractivity contribution in [1.29, 1.82) is 0 Å². The molecule has 2 saturated heterocycles. The molecule has 3 aromatic rings. The maximum absolute atomic E-state index is 12.9. The second-order valence-electron chi connectivity index (χ2n) is 11.7. The van der Waals surface area contributed by atoms with E-state index in [1.54, 1.807) is 0 Å². The van der Waals surface area contributed by atoms with Gasteiger partial charge in [-0.1, -0.05) is 30.9 Å². The van der Waals surface area contributed by atoms with Gasteiger partial charge in [0.1, 0.15) is 12.3 Å². The summed E-state index contributed by atoms with van der Waals surface area (Å²) < 4.78 is 10.7. The number of epoxide rings is 1. The van der Waals surface area contributed by atoms with E-state index in [1.165, 1.54) is 37.6 Å². The third-order valence-electron chi connectivity index (χ3n) is 9.24. The predicted octanol–water partition coefficient (Wildman–Crippen LogP) is 4.56. The van der Waals surface area contributed by atoms with Gasteiger partial charge in [-0.05, 0) is 69.8 Å². The van der Waals surface area contributed by atoms with Gasteiger partial charge in [0.2, 0.25) is 5.91 Å². The lowest BCUT2D eigenvalue weighted by molar-refractivity contribution is -0.124. The maximum Gasteiger partial charge on any atom is 0.237 e. The first-order valence-corrected chi connectivity index (χ1v) is 15.0. The Morgan fingerprint density at radius 2 is 2.00 bits per heavy atom. The summed E-state index contributed by atoms with van der Waals surface area (Å²) in [5, 5.41) is 12.8. The lowest BCUT2D eigenvalue weighted by atomic mass is 9.82. The normalized spacial score (nSPS) is 25.7. The maximum atomic E-state index is 12.9. The number of carbonyl (C=O) groups is 1. The molecule has 1 saturated carbocycles. The van der Waals surface area contributed by atoms with Gasteiger partial charge in [0.05, 0.1) is 17.8 Å². The van der Waals surface area contributed by atoms with Crippen LogP contribution in [0, 0.1) is 5.92 Å². The van der Waals surface area contributed by atoms with Crippen molar-refractivity contribution in [2.75, 3.05) is 13.6 Å². The summed E-state index contributed by atoms with van der Waals surface area (Å²) in [5.41, 5.74) is 3.41. The van der Waals surface area contributed by atoms with Crippen LogP contribution in [-0.4, -0.2) is 69.2 Å². The summed E-state index contributed by atoms with van der Waals surface area (Å²) in [6, 6.07) is 8.46. The number of nitrogens with one attached hydrogen (secondary N) is 2. The highest BCUT2D eigenvalue weighted by atomic mass is 35.5. The minimum absolute atomic E-state index is 0.0620. The Balaban J connectivity index is 1.22. The van der Waals surface area contributed by atoms with Crippen LogP contribution in [0.15, 0.2) is 36.7 Å². The van der Waals surface area contributed by atoms with Gasteiger partial charge in [-0.25, -0.2) is 0 Å². The highest BCUT2D eigenvalue weighted by Crippen LogP contribution is 2.41. The molecule has 0 spiro atoms. The summed E-state index contributed by atoms with van der Waals surface area (Å²) in [4.78, 5) is 15.5. The molecule has 210 valence electrons. The Hall–Kier alpha value is -2.39. The van der Waals surface area contributed by atoms with Gasteiger partial charge in [-0.2, -0.15) is 5.10 Å². The zero-order valence-electron chi connectivity index (χ0n) is 23.3. The Morgan fingerprint density at radius 3 is 2.74 bits per heavy atom. The number of hydrogen-bond donors (Lipinski definition) is 2. The molecule has 0 bridgehead atoms. The van der Waals surface area contributed by atoms with Crippen molar-refractivity contribution in [2.45, 2.75) is 88.9 Å².